The van der Waals surface area contributed by atoms with Gasteiger partial charge in [0.1, 0.15) is 0 Å². The summed E-state index contributed by atoms with van der Waals surface area (Å²) in [6.45, 7) is 2.02. The van der Waals surface area contributed by atoms with Crippen molar-refractivity contribution >= 4 is 21.3 Å². The van der Waals surface area contributed by atoms with Crippen molar-refractivity contribution in [2.75, 3.05) is 13.3 Å². The first-order valence-corrected chi connectivity index (χ1v) is 9.14. The summed E-state index contributed by atoms with van der Waals surface area (Å²) in [4.78, 5) is 18.5. The van der Waals surface area contributed by atoms with E-state index in [1.54, 1.807) is 36.3 Å². The van der Waals surface area contributed by atoms with E-state index in [1.165, 1.54) is 4.40 Å². The molecule has 2 aromatic rings. The smallest absolute Gasteiger partial charge is 0.274 e. The van der Waals surface area contributed by atoms with Crippen molar-refractivity contribution in [3.05, 3.63) is 30.1 Å². The summed E-state index contributed by atoms with van der Waals surface area (Å²) in [6, 6.07) is 5.33. The zero-order valence-electron chi connectivity index (χ0n) is 12.9. The summed E-state index contributed by atoms with van der Waals surface area (Å²) < 4.78 is 25.2. The third-order valence-corrected chi connectivity index (χ3v) is 5.24. The molecule has 0 N–H and O–H groups in total. The predicted octanol–water partition coefficient (Wildman–Crippen LogP) is 1.61. The maximum atomic E-state index is 12.7. The molecule has 22 heavy (non-hydrogen) atoms. The summed E-state index contributed by atoms with van der Waals surface area (Å²) in [5.41, 5.74) is 0.707. The SMILES string of the molecule is C[C@@H](C1CC1)N(C)C(=O)c1nc(S(C)(=O)=O)n2ccccc12. The van der Waals surface area contributed by atoms with Crippen molar-refractivity contribution in [2.24, 2.45) is 5.92 Å². The van der Waals surface area contributed by atoms with Crippen LogP contribution >= 0.6 is 0 Å². The molecule has 0 unspecified atom stereocenters. The van der Waals surface area contributed by atoms with E-state index in [9.17, 15) is 13.2 Å². The van der Waals surface area contributed by atoms with E-state index >= 15 is 0 Å². The van der Waals surface area contributed by atoms with Gasteiger partial charge in [0.15, 0.2) is 5.69 Å². The molecule has 1 fully saturated rings. The minimum Gasteiger partial charge on any atom is -0.337 e. The molecule has 0 bridgehead atoms. The van der Waals surface area contributed by atoms with Crippen LogP contribution in [0, 0.1) is 5.92 Å². The van der Waals surface area contributed by atoms with E-state index in [2.05, 4.69) is 4.98 Å². The molecule has 1 saturated carbocycles. The fraction of sp³-hybridized carbons (Fsp3) is 0.467. The summed E-state index contributed by atoms with van der Waals surface area (Å²) >= 11 is 0. The zero-order valence-corrected chi connectivity index (χ0v) is 13.7. The number of carbonyl (C=O) groups excluding carboxylic acids is 1. The lowest BCUT2D eigenvalue weighted by Crippen LogP contribution is -2.36. The summed E-state index contributed by atoms with van der Waals surface area (Å²) in [7, 11) is -1.76. The maximum Gasteiger partial charge on any atom is 0.274 e. The molecule has 0 aromatic carbocycles. The van der Waals surface area contributed by atoms with Gasteiger partial charge in [-0.05, 0) is 37.8 Å². The van der Waals surface area contributed by atoms with Crippen LogP contribution in [-0.4, -0.2) is 48.0 Å². The van der Waals surface area contributed by atoms with Crippen LogP contribution < -0.4 is 0 Å². The van der Waals surface area contributed by atoms with Crippen molar-refractivity contribution < 1.29 is 13.2 Å². The van der Waals surface area contributed by atoms with Crippen molar-refractivity contribution in [1.82, 2.24) is 14.3 Å². The van der Waals surface area contributed by atoms with Gasteiger partial charge in [0, 0.05) is 25.5 Å². The minimum atomic E-state index is -3.51. The quantitative estimate of drug-likeness (QED) is 0.857. The average Bonchev–Trinajstić information content (AvgIpc) is 3.24. The molecule has 118 valence electrons. The van der Waals surface area contributed by atoms with Gasteiger partial charge in [0.2, 0.25) is 15.0 Å². The van der Waals surface area contributed by atoms with Gasteiger partial charge in [-0.2, -0.15) is 0 Å². The highest BCUT2D eigenvalue weighted by Gasteiger charge is 2.34. The van der Waals surface area contributed by atoms with E-state index in [-0.39, 0.29) is 22.8 Å². The fourth-order valence-corrected chi connectivity index (χ4v) is 3.45. The lowest BCUT2D eigenvalue weighted by atomic mass is 10.2. The molecule has 1 atom stereocenters. The molecule has 6 nitrogen and oxygen atoms in total. The highest BCUT2D eigenvalue weighted by atomic mass is 32.2. The number of imidazole rings is 1. The Kier molecular flexibility index (Phi) is 3.47. The van der Waals surface area contributed by atoms with Crippen LogP contribution in [-0.2, 0) is 9.84 Å². The number of nitrogens with zero attached hydrogens (tertiary/aromatic N) is 3. The summed E-state index contributed by atoms with van der Waals surface area (Å²) in [5, 5.41) is -0.0982. The first-order valence-electron chi connectivity index (χ1n) is 7.25. The van der Waals surface area contributed by atoms with Gasteiger partial charge in [0.05, 0.1) is 5.52 Å². The normalized spacial score (nSPS) is 16.7. The maximum absolute atomic E-state index is 12.7. The standard InChI is InChI=1S/C15H19N3O3S/c1-10(11-7-8-11)17(2)14(19)13-12-6-4-5-9-18(12)15(16-13)22(3,20)21/h4-6,9-11H,7-8H2,1-3H3/t10-/m0/s1. The first-order chi connectivity index (χ1) is 10.3. The Morgan fingerprint density at radius 3 is 2.68 bits per heavy atom. The van der Waals surface area contributed by atoms with Gasteiger partial charge in [-0.1, -0.05) is 6.07 Å². The third kappa shape index (κ3) is 2.49. The molecule has 3 rings (SSSR count). The van der Waals surface area contributed by atoms with Crippen molar-refractivity contribution in [3.63, 3.8) is 0 Å². The van der Waals surface area contributed by atoms with Crippen LogP contribution in [0.25, 0.3) is 5.52 Å². The number of hydrogen-bond donors (Lipinski definition) is 0. The summed E-state index contributed by atoms with van der Waals surface area (Å²) in [5.74, 6) is 0.301. The van der Waals surface area contributed by atoms with E-state index < -0.39 is 9.84 Å². The van der Waals surface area contributed by atoms with E-state index in [0.717, 1.165) is 19.1 Å². The molecule has 0 spiro atoms. The number of hydrogen-bond acceptors (Lipinski definition) is 4. The zero-order chi connectivity index (χ0) is 16.1. The number of rotatable bonds is 4. The Bertz CT molecular complexity index is 837. The Morgan fingerprint density at radius 1 is 1.41 bits per heavy atom. The highest BCUT2D eigenvalue weighted by molar-refractivity contribution is 7.90. The molecule has 1 aliphatic carbocycles. The van der Waals surface area contributed by atoms with Crippen molar-refractivity contribution in [3.8, 4) is 0 Å². The van der Waals surface area contributed by atoms with Crippen LogP contribution in [0.5, 0.6) is 0 Å². The number of fused-ring (bicyclic) bond motifs is 1. The second-order valence-electron chi connectivity index (χ2n) is 5.97. The second kappa shape index (κ2) is 5.08. The number of amides is 1. The van der Waals surface area contributed by atoms with E-state index in [1.807, 2.05) is 6.92 Å². The van der Waals surface area contributed by atoms with Crippen molar-refractivity contribution in [2.45, 2.75) is 31.0 Å². The Hall–Kier alpha value is -1.89. The molecule has 1 amide bonds. The molecular formula is C15H19N3O3S. The number of pyridine rings is 1. The van der Waals surface area contributed by atoms with E-state index in [0.29, 0.717) is 11.4 Å². The Labute approximate surface area is 129 Å². The lowest BCUT2D eigenvalue weighted by molar-refractivity contribution is 0.0723. The van der Waals surface area contributed by atoms with Gasteiger partial charge in [0.25, 0.3) is 5.91 Å². The number of aromatic nitrogens is 2. The van der Waals surface area contributed by atoms with Crippen LogP contribution in [0.4, 0.5) is 0 Å². The van der Waals surface area contributed by atoms with Crippen LogP contribution in [0.3, 0.4) is 0 Å². The lowest BCUT2D eigenvalue weighted by Gasteiger charge is -2.24. The summed E-state index contributed by atoms with van der Waals surface area (Å²) in [6.07, 6.45) is 4.98. The molecule has 0 saturated heterocycles. The first kappa shape index (κ1) is 15.0. The van der Waals surface area contributed by atoms with Gasteiger partial charge in [-0.3, -0.25) is 9.20 Å². The topological polar surface area (TPSA) is 71.8 Å². The Balaban J connectivity index is 2.09. The molecule has 7 heteroatoms. The van der Waals surface area contributed by atoms with Gasteiger partial charge in [-0.25, -0.2) is 13.4 Å². The molecular weight excluding hydrogens is 302 g/mol. The fourth-order valence-electron chi connectivity index (χ4n) is 2.68. The molecule has 2 heterocycles. The van der Waals surface area contributed by atoms with Crippen molar-refractivity contribution in [1.29, 1.82) is 0 Å². The minimum absolute atomic E-state index is 0.0982. The number of sulfone groups is 1. The average molecular weight is 321 g/mol. The van der Waals surface area contributed by atoms with Gasteiger partial charge in [-0.15, -0.1) is 0 Å². The van der Waals surface area contributed by atoms with Gasteiger partial charge < -0.3 is 4.90 Å². The second-order valence-corrected chi connectivity index (χ2v) is 7.87. The van der Waals surface area contributed by atoms with Crippen LogP contribution in [0.2, 0.25) is 0 Å². The molecule has 2 aromatic heterocycles. The highest BCUT2D eigenvalue weighted by Crippen LogP contribution is 2.35. The van der Waals surface area contributed by atoms with E-state index in [4.69, 9.17) is 0 Å². The molecule has 0 radical (unpaired) electrons. The van der Waals surface area contributed by atoms with Crippen LogP contribution in [0.15, 0.2) is 29.6 Å². The largest absolute Gasteiger partial charge is 0.337 e. The van der Waals surface area contributed by atoms with Gasteiger partial charge >= 0.3 is 0 Å². The Morgan fingerprint density at radius 2 is 2.09 bits per heavy atom. The number of carbonyl (C=O) groups is 1. The third-order valence-electron chi connectivity index (χ3n) is 4.29. The predicted molar refractivity (Wildman–Crippen MR) is 82.6 cm³/mol. The molecule has 1 aliphatic rings. The molecule has 0 aliphatic heterocycles. The monoisotopic (exact) mass is 321 g/mol. The van der Waals surface area contributed by atoms with Crippen LogP contribution in [0.1, 0.15) is 30.3 Å².